The molecule has 2 aliphatic rings. The molecule has 0 aromatic heterocycles. The molecule has 3 unspecified atom stereocenters. The van der Waals surface area contributed by atoms with Crippen LogP contribution in [0.3, 0.4) is 0 Å². The highest BCUT2D eigenvalue weighted by atomic mass is 15.2. The molecule has 3 nitrogen and oxygen atoms in total. The Labute approximate surface area is 113 Å². The van der Waals surface area contributed by atoms with Crippen LogP contribution in [0.25, 0.3) is 0 Å². The van der Waals surface area contributed by atoms with Gasteiger partial charge in [-0.3, -0.25) is 0 Å². The molecule has 3 atom stereocenters. The van der Waals surface area contributed by atoms with E-state index in [1.54, 1.807) is 0 Å². The van der Waals surface area contributed by atoms with Crippen LogP contribution < -0.4 is 5.32 Å². The second-order valence-electron chi connectivity index (χ2n) is 6.27. The summed E-state index contributed by atoms with van der Waals surface area (Å²) in [5.41, 5.74) is 0. The second kappa shape index (κ2) is 6.88. The molecule has 2 heterocycles. The predicted molar refractivity (Wildman–Crippen MR) is 78.0 cm³/mol. The van der Waals surface area contributed by atoms with Crippen molar-refractivity contribution in [2.24, 2.45) is 5.92 Å². The van der Waals surface area contributed by atoms with E-state index in [-0.39, 0.29) is 0 Å². The zero-order chi connectivity index (χ0) is 13.0. The monoisotopic (exact) mass is 253 g/mol. The Kier molecular flexibility index (Phi) is 5.46. The lowest BCUT2D eigenvalue weighted by Crippen LogP contribution is -2.47. The minimum Gasteiger partial charge on any atom is -0.312 e. The summed E-state index contributed by atoms with van der Waals surface area (Å²) >= 11 is 0. The molecule has 0 aromatic rings. The Morgan fingerprint density at radius 2 is 2.00 bits per heavy atom. The van der Waals surface area contributed by atoms with Gasteiger partial charge in [-0.15, -0.1) is 0 Å². The largest absolute Gasteiger partial charge is 0.312 e. The molecule has 2 saturated heterocycles. The lowest BCUT2D eigenvalue weighted by atomic mass is 9.91. The number of hydrogen-bond acceptors (Lipinski definition) is 3. The summed E-state index contributed by atoms with van der Waals surface area (Å²) in [6.07, 6.45) is 5.55. The number of hydrogen-bond donors (Lipinski definition) is 1. The van der Waals surface area contributed by atoms with E-state index < -0.39 is 0 Å². The normalized spacial score (nSPS) is 32.8. The Hall–Kier alpha value is -0.120. The first-order valence-corrected chi connectivity index (χ1v) is 7.86. The van der Waals surface area contributed by atoms with Gasteiger partial charge in [-0.25, -0.2) is 0 Å². The van der Waals surface area contributed by atoms with Crippen molar-refractivity contribution in [1.82, 2.24) is 15.1 Å². The molecule has 0 aliphatic carbocycles. The quantitative estimate of drug-likeness (QED) is 0.806. The van der Waals surface area contributed by atoms with E-state index in [1.807, 2.05) is 0 Å². The lowest BCUT2D eigenvalue weighted by Gasteiger charge is -2.36. The van der Waals surface area contributed by atoms with Gasteiger partial charge in [0.25, 0.3) is 0 Å². The molecule has 18 heavy (non-hydrogen) atoms. The van der Waals surface area contributed by atoms with Crippen molar-refractivity contribution < 1.29 is 0 Å². The van der Waals surface area contributed by atoms with Crippen LogP contribution in [-0.4, -0.2) is 61.7 Å². The minimum absolute atomic E-state index is 0.674. The van der Waals surface area contributed by atoms with Crippen LogP contribution in [0.5, 0.6) is 0 Å². The average Bonchev–Trinajstić information content (AvgIpc) is 2.81. The summed E-state index contributed by atoms with van der Waals surface area (Å²) in [4.78, 5) is 5.12. The van der Waals surface area contributed by atoms with E-state index >= 15 is 0 Å². The third kappa shape index (κ3) is 3.69. The number of likely N-dealkylation sites (tertiary alicyclic amines) is 2. The van der Waals surface area contributed by atoms with Gasteiger partial charge in [-0.05, 0) is 65.2 Å². The van der Waals surface area contributed by atoms with Gasteiger partial charge < -0.3 is 15.1 Å². The molecule has 0 bridgehead atoms. The molecule has 2 fully saturated rings. The fourth-order valence-corrected chi connectivity index (χ4v) is 3.51. The Balaban J connectivity index is 1.71. The van der Waals surface area contributed by atoms with Crippen LogP contribution >= 0.6 is 0 Å². The summed E-state index contributed by atoms with van der Waals surface area (Å²) in [6.45, 7) is 11.0. The van der Waals surface area contributed by atoms with Crippen LogP contribution in [0.4, 0.5) is 0 Å². The Morgan fingerprint density at radius 1 is 1.22 bits per heavy atom. The van der Waals surface area contributed by atoms with Crippen LogP contribution in [0.1, 0.15) is 39.5 Å². The van der Waals surface area contributed by atoms with Crippen LogP contribution in [-0.2, 0) is 0 Å². The maximum Gasteiger partial charge on any atom is 0.0218 e. The minimum atomic E-state index is 0.674. The van der Waals surface area contributed by atoms with Crippen molar-refractivity contribution in [3.05, 3.63) is 0 Å². The molecular formula is C15H31N3. The first kappa shape index (κ1) is 14.3. The third-order valence-corrected chi connectivity index (χ3v) is 5.04. The van der Waals surface area contributed by atoms with Crippen molar-refractivity contribution in [2.75, 3.05) is 39.8 Å². The summed E-state index contributed by atoms with van der Waals surface area (Å²) in [5.74, 6) is 0.852. The van der Waals surface area contributed by atoms with Gasteiger partial charge in [-0.2, -0.15) is 0 Å². The van der Waals surface area contributed by atoms with Crippen LogP contribution in [0.15, 0.2) is 0 Å². The highest BCUT2D eigenvalue weighted by Crippen LogP contribution is 2.20. The maximum absolute atomic E-state index is 3.80. The summed E-state index contributed by atoms with van der Waals surface area (Å²) in [6, 6.07) is 1.45. The Morgan fingerprint density at radius 3 is 2.67 bits per heavy atom. The SMILES string of the molecule is CCN1CCCC(C(C)NCC2CCCN2C)C1. The van der Waals surface area contributed by atoms with E-state index in [4.69, 9.17) is 0 Å². The van der Waals surface area contributed by atoms with E-state index in [1.165, 1.54) is 58.4 Å². The molecular weight excluding hydrogens is 222 g/mol. The molecule has 0 aromatic carbocycles. The molecule has 3 heteroatoms. The maximum atomic E-state index is 3.80. The molecule has 0 amide bonds. The van der Waals surface area contributed by atoms with Crippen molar-refractivity contribution in [3.63, 3.8) is 0 Å². The average molecular weight is 253 g/mol. The number of nitrogens with zero attached hydrogens (tertiary/aromatic N) is 2. The van der Waals surface area contributed by atoms with Gasteiger partial charge in [0.15, 0.2) is 0 Å². The van der Waals surface area contributed by atoms with Crippen molar-refractivity contribution in [1.29, 1.82) is 0 Å². The fraction of sp³-hybridized carbons (Fsp3) is 1.00. The third-order valence-electron chi connectivity index (χ3n) is 5.04. The number of nitrogens with one attached hydrogen (secondary N) is 1. The van der Waals surface area contributed by atoms with Crippen molar-refractivity contribution >= 4 is 0 Å². The van der Waals surface area contributed by atoms with Gasteiger partial charge in [-0.1, -0.05) is 6.92 Å². The standard InChI is InChI=1S/C15H31N3/c1-4-18-10-5-7-14(12-18)13(2)16-11-15-8-6-9-17(15)3/h13-16H,4-12H2,1-3H3. The van der Waals surface area contributed by atoms with E-state index in [9.17, 15) is 0 Å². The number of likely N-dealkylation sites (N-methyl/N-ethyl adjacent to an activating group) is 1. The Bertz CT molecular complexity index is 244. The first-order chi connectivity index (χ1) is 8.70. The molecule has 2 rings (SSSR count). The van der Waals surface area contributed by atoms with Crippen molar-refractivity contribution in [3.8, 4) is 0 Å². The molecule has 106 valence electrons. The zero-order valence-corrected chi connectivity index (χ0v) is 12.5. The predicted octanol–water partition coefficient (Wildman–Crippen LogP) is 1.79. The number of rotatable bonds is 5. The van der Waals surface area contributed by atoms with Crippen LogP contribution in [0, 0.1) is 5.92 Å². The van der Waals surface area contributed by atoms with Gasteiger partial charge in [0, 0.05) is 25.2 Å². The van der Waals surface area contributed by atoms with Crippen molar-refractivity contribution in [2.45, 2.75) is 51.6 Å². The van der Waals surface area contributed by atoms with Gasteiger partial charge in [0.1, 0.15) is 0 Å². The van der Waals surface area contributed by atoms with E-state index in [0.717, 1.165) is 12.0 Å². The van der Waals surface area contributed by atoms with Gasteiger partial charge >= 0.3 is 0 Å². The van der Waals surface area contributed by atoms with E-state index in [2.05, 4.69) is 36.0 Å². The number of piperidine rings is 1. The second-order valence-corrected chi connectivity index (χ2v) is 6.27. The molecule has 2 aliphatic heterocycles. The summed E-state index contributed by atoms with van der Waals surface area (Å²) in [7, 11) is 2.27. The summed E-state index contributed by atoms with van der Waals surface area (Å²) in [5, 5.41) is 3.80. The molecule has 0 radical (unpaired) electrons. The molecule has 0 saturated carbocycles. The highest BCUT2D eigenvalue weighted by Gasteiger charge is 2.26. The zero-order valence-electron chi connectivity index (χ0n) is 12.5. The first-order valence-electron chi connectivity index (χ1n) is 7.86. The summed E-state index contributed by atoms with van der Waals surface area (Å²) < 4.78 is 0. The fourth-order valence-electron chi connectivity index (χ4n) is 3.51. The highest BCUT2D eigenvalue weighted by molar-refractivity contribution is 4.84. The van der Waals surface area contributed by atoms with Gasteiger partial charge in [0.05, 0.1) is 0 Å². The smallest absolute Gasteiger partial charge is 0.0218 e. The molecule has 0 spiro atoms. The topological polar surface area (TPSA) is 18.5 Å². The lowest BCUT2D eigenvalue weighted by molar-refractivity contribution is 0.153. The van der Waals surface area contributed by atoms with Crippen LogP contribution in [0.2, 0.25) is 0 Å². The molecule has 1 N–H and O–H groups in total. The van der Waals surface area contributed by atoms with E-state index in [0.29, 0.717) is 6.04 Å². The van der Waals surface area contributed by atoms with Gasteiger partial charge in [0.2, 0.25) is 0 Å².